The molecular formula is C10H10ClN3O3. The lowest BCUT2D eigenvalue weighted by Crippen LogP contribution is -2.27. The maximum absolute atomic E-state index is 11.7. The van der Waals surface area contributed by atoms with E-state index in [1.54, 1.807) is 0 Å². The second kappa shape index (κ2) is 4.67. The topological polar surface area (TPSA) is 83.4 Å². The molecule has 0 aromatic carbocycles. The van der Waals surface area contributed by atoms with Gasteiger partial charge in [-0.05, 0) is 5.92 Å². The van der Waals surface area contributed by atoms with Crippen molar-refractivity contribution in [2.75, 3.05) is 17.3 Å². The fourth-order valence-corrected chi connectivity index (χ4v) is 1.99. The molecule has 1 amide bonds. The van der Waals surface area contributed by atoms with E-state index in [4.69, 9.17) is 16.7 Å². The number of carbonyl (C=O) groups is 2. The summed E-state index contributed by atoms with van der Waals surface area (Å²) >= 11 is 5.70. The number of alkyl halides is 1. The summed E-state index contributed by atoms with van der Waals surface area (Å²) in [5.41, 5.74) is -0.0731. The maximum atomic E-state index is 11.7. The molecule has 1 saturated heterocycles. The zero-order valence-corrected chi connectivity index (χ0v) is 9.59. The highest BCUT2D eigenvalue weighted by Gasteiger charge is 2.33. The lowest BCUT2D eigenvalue weighted by molar-refractivity contribution is -0.117. The molecule has 2 rings (SSSR count). The van der Waals surface area contributed by atoms with E-state index in [1.807, 2.05) is 0 Å². The number of carboxylic acids is 1. The molecule has 0 bridgehead atoms. The van der Waals surface area contributed by atoms with Gasteiger partial charge in [-0.1, -0.05) is 0 Å². The van der Waals surface area contributed by atoms with Crippen molar-refractivity contribution < 1.29 is 14.7 Å². The SMILES string of the molecule is O=C(O)c1cncnc1N1CC(CCl)CC1=O. The van der Waals surface area contributed by atoms with Gasteiger partial charge in [0, 0.05) is 25.0 Å². The summed E-state index contributed by atoms with van der Waals surface area (Å²) in [5, 5.41) is 8.99. The molecule has 0 saturated carbocycles. The number of hydrogen-bond donors (Lipinski definition) is 1. The van der Waals surface area contributed by atoms with E-state index in [-0.39, 0.29) is 23.2 Å². The van der Waals surface area contributed by atoms with E-state index in [0.29, 0.717) is 18.8 Å². The van der Waals surface area contributed by atoms with Crippen LogP contribution in [-0.4, -0.2) is 39.4 Å². The molecule has 7 heteroatoms. The first kappa shape index (κ1) is 11.8. The molecule has 90 valence electrons. The van der Waals surface area contributed by atoms with Crippen molar-refractivity contribution in [3.63, 3.8) is 0 Å². The van der Waals surface area contributed by atoms with Gasteiger partial charge in [0.05, 0.1) is 0 Å². The molecule has 1 atom stereocenters. The quantitative estimate of drug-likeness (QED) is 0.807. The highest BCUT2D eigenvalue weighted by atomic mass is 35.5. The third-order valence-electron chi connectivity index (χ3n) is 2.60. The molecular weight excluding hydrogens is 246 g/mol. The van der Waals surface area contributed by atoms with Gasteiger partial charge in [-0.2, -0.15) is 0 Å². The minimum absolute atomic E-state index is 0.0424. The molecule has 1 N–H and O–H groups in total. The number of carboxylic acid groups (broad SMARTS) is 1. The number of rotatable bonds is 3. The van der Waals surface area contributed by atoms with Gasteiger partial charge in [-0.3, -0.25) is 9.69 Å². The summed E-state index contributed by atoms with van der Waals surface area (Å²) in [4.78, 5) is 31.6. The van der Waals surface area contributed by atoms with E-state index in [1.165, 1.54) is 17.4 Å². The van der Waals surface area contributed by atoms with Gasteiger partial charge in [0.25, 0.3) is 0 Å². The van der Waals surface area contributed by atoms with Crippen LogP contribution in [0.4, 0.5) is 5.82 Å². The van der Waals surface area contributed by atoms with Crippen molar-refractivity contribution in [1.29, 1.82) is 0 Å². The Hall–Kier alpha value is -1.69. The fourth-order valence-electron chi connectivity index (χ4n) is 1.78. The van der Waals surface area contributed by atoms with Gasteiger partial charge in [0.1, 0.15) is 11.9 Å². The molecule has 2 heterocycles. The number of hydrogen-bond acceptors (Lipinski definition) is 4. The second-order valence-corrected chi connectivity index (χ2v) is 4.10. The number of amides is 1. The molecule has 1 aliphatic heterocycles. The Kier molecular flexibility index (Phi) is 3.23. The van der Waals surface area contributed by atoms with Gasteiger partial charge < -0.3 is 5.11 Å². The normalized spacial score (nSPS) is 19.7. The largest absolute Gasteiger partial charge is 0.477 e. The lowest BCUT2D eigenvalue weighted by Gasteiger charge is -2.16. The Morgan fingerprint density at radius 1 is 1.65 bits per heavy atom. The predicted molar refractivity (Wildman–Crippen MR) is 60.2 cm³/mol. The number of aromatic nitrogens is 2. The van der Waals surface area contributed by atoms with Crippen LogP contribution in [0, 0.1) is 5.92 Å². The number of aromatic carboxylic acids is 1. The van der Waals surface area contributed by atoms with Crippen molar-refractivity contribution in [2.24, 2.45) is 5.92 Å². The van der Waals surface area contributed by atoms with Crippen molar-refractivity contribution in [1.82, 2.24) is 9.97 Å². The lowest BCUT2D eigenvalue weighted by atomic mass is 10.1. The molecule has 1 unspecified atom stereocenters. The van der Waals surface area contributed by atoms with Crippen molar-refractivity contribution >= 4 is 29.3 Å². The zero-order chi connectivity index (χ0) is 12.4. The Bertz CT molecular complexity index is 466. The second-order valence-electron chi connectivity index (χ2n) is 3.79. The van der Waals surface area contributed by atoms with Crippen molar-refractivity contribution in [3.8, 4) is 0 Å². The number of halogens is 1. The molecule has 1 fully saturated rings. The van der Waals surface area contributed by atoms with Crippen LogP contribution in [0.5, 0.6) is 0 Å². The molecule has 1 aromatic heterocycles. The standard InChI is InChI=1S/C10H10ClN3O3/c11-2-6-1-8(15)14(4-6)9-7(10(16)17)3-12-5-13-9/h3,5-6H,1-2,4H2,(H,16,17). The van der Waals surface area contributed by atoms with E-state index in [0.717, 1.165) is 0 Å². The molecule has 0 spiro atoms. The Morgan fingerprint density at radius 3 is 3.00 bits per heavy atom. The molecule has 0 aliphatic carbocycles. The minimum Gasteiger partial charge on any atom is -0.477 e. The van der Waals surface area contributed by atoms with Crippen LogP contribution in [0.15, 0.2) is 12.5 Å². The van der Waals surface area contributed by atoms with Crippen LogP contribution in [0.1, 0.15) is 16.8 Å². The van der Waals surface area contributed by atoms with Crippen LogP contribution >= 0.6 is 11.6 Å². The van der Waals surface area contributed by atoms with Gasteiger partial charge in [0.15, 0.2) is 5.82 Å². The van der Waals surface area contributed by atoms with E-state index in [9.17, 15) is 9.59 Å². The summed E-state index contributed by atoms with van der Waals surface area (Å²) < 4.78 is 0. The first-order chi connectivity index (χ1) is 8.13. The summed E-state index contributed by atoms with van der Waals surface area (Å²) in [5.74, 6) is -0.749. The first-order valence-electron chi connectivity index (χ1n) is 5.03. The van der Waals surface area contributed by atoms with Gasteiger partial charge in [-0.15, -0.1) is 11.6 Å². The minimum atomic E-state index is -1.15. The molecule has 1 aromatic rings. The van der Waals surface area contributed by atoms with E-state index in [2.05, 4.69) is 9.97 Å². The number of anilines is 1. The van der Waals surface area contributed by atoms with Crippen LogP contribution < -0.4 is 4.90 Å². The average molecular weight is 256 g/mol. The predicted octanol–water partition coefficient (Wildman–Crippen LogP) is 0.766. The van der Waals surface area contributed by atoms with Crippen LogP contribution in [-0.2, 0) is 4.79 Å². The summed E-state index contributed by atoms with van der Waals surface area (Å²) in [7, 11) is 0. The van der Waals surface area contributed by atoms with E-state index >= 15 is 0 Å². The van der Waals surface area contributed by atoms with Gasteiger partial charge >= 0.3 is 5.97 Å². The Labute approximate surface area is 102 Å². The van der Waals surface area contributed by atoms with Crippen molar-refractivity contribution in [2.45, 2.75) is 6.42 Å². The highest BCUT2D eigenvalue weighted by Crippen LogP contribution is 2.26. The van der Waals surface area contributed by atoms with Crippen molar-refractivity contribution in [3.05, 3.63) is 18.1 Å². The average Bonchev–Trinajstić information content (AvgIpc) is 2.70. The summed E-state index contributed by atoms with van der Waals surface area (Å²) in [6.07, 6.45) is 2.74. The maximum Gasteiger partial charge on any atom is 0.341 e. The molecule has 0 radical (unpaired) electrons. The third-order valence-corrected chi connectivity index (χ3v) is 3.04. The number of carbonyl (C=O) groups excluding carboxylic acids is 1. The fraction of sp³-hybridized carbons (Fsp3) is 0.400. The monoisotopic (exact) mass is 255 g/mol. The zero-order valence-electron chi connectivity index (χ0n) is 8.84. The van der Waals surface area contributed by atoms with Crippen LogP contribution in [0.25, 0.3) is 0 Å². The first-order valence-corrected chi connectivity index (χ1v) is 5.56. The van der Waals surface area contributed by atoms with Crippen LogP contribution in [0.3, 0.4) is 0 Å². The summed E-state index contributed by atoms with van der Waals surface area (Å²) in [6.45, 7) is 0.402. The van der Waals surface area contributed by atoms with Crippen LogP contribution in [0.2, 0.25) is 0 Å². The third kappa shape index (κ3) is 2.21. The summed E-state index contributed by atoms with van der Waals surface area (Å²) in [6, 6.07) is 0. The van der Waals surface area contributed by atoms with Gasteiger partial charge in [-0.25, -0.2) is 14.8 Å². The molecule has 1 aliphatic rings. The van der Waals surface area contributed by atoms with E-state index < -0.39 is 5.97 Å². The Morgan fingerprint density at radius 2 is 2.41 bits per heavy atom. The Balaban J connectivity index is 2.35. The molecule has 6 nitrogen and oxygen atoms in total. The highest BCUT2D eigenvalue weighted by molar-refractivity contribution is 6.18. The number of nitrogens with zero attached hydrogens (tertiary/aromatic N) is 3. The smallest absolute Gasteiger partial charge is 0.341 e. The molecule has 17 heavy (non-hydrogen) atoms. The van der Waals surface area contributed by atoms with Gasteiger partial charge in [0.2, 0.25) is 5.91 Å².